The second-order valence-corrected chi connectivity index (χ2v) is 5.93. The van der Waals surface area contributed by atoms with Crippen molar-refractivity contribution in [1.29, 1.82) is 5.26 Å². The molecule has 1 atom stereocenters. The van der Waals surface area contributed by atoms with Crippen LogP contribution in [-0.2, 0) is 19.1 Å². The standard InChI is InChI=1S/C21H20N2O6/c1-14(24)29-19(12-23-21(26)17-5-3-15(11-22)4-6-17)16-7-9-18(10-8-16)28-13-20(25)27-2/h3-10,19H,12-13H2,1-2H3,(H,23,26)/t19-/m1/s1. The molecule has 0 aromatic heterocycles. The lowest BCUT2D eigenvalue weighted by Gasteiger charge is -2.18. The van der Waals surface area contributed by atoms with Gasteiger partial charge in [0.15, 0.2) is 6.61 Å². The Morgan fingerprint density at radius 3 is 2.28 bits per heavy atom. The van der Waals surface area contributed by atoms with Crippen LogP contribution in [0.4, 0.5) is 0 Å². The number of nitrogens with zero attached hydrogens (tertiary/aromatic N) is 1. The average molecular weight is 396 g/mol. The van der Waals surface area contributed by atoms with E-state index in [-0.39, 0.29) is 19.1 Å². The fraction of sp³-hybridized carbons (Fsp3) is 0.238. The Morgan fingerprint density at radius 1 is 1.07 bits per heavy atom. The summed E-state index contributed by atoms with van der Waals surface area (Å²) in [6.45, 7) is 1.12. The Labute approximate surface area is 168 Å². The molecule has 0 heterocycles. The van der Waals surface area contributed by atoms with Gasteiger partial charge in [0.25, 0.3) is 5.91 Å². The molecule has 0 saturated carbocycles. The topological polar surface area (TPSA) is 115 Å². The Balaban J connectivity index is 2.02. The maximum Gasteiger partial charge on any atom is 0.343 e. The molecule has 0 radical (unpaired) electrons. The maximum atomic E-state index is 12.3. The van der Waals surface area contributed by atoms with Gasteiger partial charge < -0.3 is 19.5 Å². The summed E-state index contributed by atoms with van der Waals surface area (Å²) in [7, 11) is 1.27. The molecule has 0 unspecified atom stereocenters. The van der Waals surface area contributed by atoms with Crippen LogP contribution in [0.2, 0.25) is 0 Å². The molecule has 1 amide bonds. The second-order valence-electron chi connectivity index (χ2n) is 5.93. The van der Waals surface area contributed by atoms with Crippen molar-refractivity contribution in [3.05, 3.63) is 65.2 Å². The first-order chi connectivity index (χ1) is 13.9. The predicted molar refractivity (Wildman–Crippen MR) is 102 cm³/mol. The van der Waals surface area contributed by atoms with Crippen molar-refractivity contribution in [2.75, 3.05) is 20.3 Å². The quantitative estimate of drug-likeness (QED) is 0.680. The monoisotopic (exact) mass is 396 g/mol. The van der Waals surface area contributed by atoms with E-state index in [4.69, 9.17) is 14.7 Å². The van der Waals surface area contributed by atoms with E-state index in [2.05, 4.69) is 10.1 Å². The second kappa shape index (κ2) is 10.5. The molecule has 2 rings (SSSR count). The number of ether oxygens (including phenoxy) is 3. The molecule has 29 heavy (non-hydrogen) atoms. The Morgan fingerprint density at radius 2 is 1.72 bits per heavy atom. The molecule has 0 aliphatic rings. The summed E-state index contributed by atoms with van der Waals surface area (Å²) < 4.78 is 15.1. The number of hydrogen-bond acceptors (Lipinski definition) is 7. The van der Waals surface area contributed by atoms with E-state index < -0.39 is 18.0 Å². The number of hydrogen-bond donors (Lipinski definition) is 1. The van der Waals surface area contributed by atoms with Crippen LogP contribution in [-0.4, -0.2) is 38.1 Å². The number of nitrogens with one attached hydrogen (secondary N) is 1. The molecule has 150 valence electrons. The predicted octanol–water partition coefficient (Wildman–Crippen LogP) is 2.14. The highest BCUT2D eigenvalue weighted by atomic mass is 16.6. The molecular weight excluding hydrogens is 376 g/mol. The van der Waals surface area contributed by atoms with Gasteiger partial charge in [-0.05, 0) is 42.0 Å². The number of esters is 2. The van der Waals surface area contributed by atoms with Crippen molar-refractivity contribution in [2.24, 2.45) is 0 Å². The Hall–Kier alpha value is -3.86. The fourth-order valence-electron chi connectivity index (χ4n) is 2.39. The van der Waals surface area contributed by atoms with Crippen molar-refractivity contribution in [1.82, 2.24) is 5.32 Å². The summed E-state index contributed by atoms with van der Waals surface area (Å²) in [5.41, 5.74) is 1.48. The number of nitriles is 1. The highest BCUT2D eigenvalue weighted by Crippen LogP contribution is 2.21. The van der Waals surface area contributed by atoms with Crippen molar-refractivity contribution in [2.45, 2.75) is 13.0 Å². The number of benzene rings is 2. The minimum absolute atomic E-state index is 0.0563. The van der Waals surface area contributed by atoms with Crippen LogP contribution in [0.5, 0.6) is 5.75 Å². The van der Waals surface area contributed by atoms with Crippen LogP contribution in [0, 0.1) is 11.3 Å². The van der Waals surface area contributed by atoms with E-state index in [1.54, 1.807) is 48.5 Å². The van der Waals surface area contributed by atoms with Gasteiger partial charge >= 0.3 is 11.9 Å². The normalized spacial score (nSPS) is 10.9. The van der Waals surface area contributed by atoms with Gasteiger partial charge in [-0.3, -0.25) is 9.59 Å². The molecule has 2 aromatic carbocycles. The summed E-state index contributed by atoms with van der Waals surface area (Å²) >= 11 is 0. The SMILES string of the molecule is COC(=O)COc1ccc([C@@H](CNC(=O)c2ccc(C#N)cc2)OC(C)=O)cc1. The summed E-state index contributed by atoms with van der Waals surface area (Å²) in [5, 5.41) is 11.5. The number of amides is 1. The minimum Gasteiger partial charge on any atom is -0.482 e. The molecule has 8 heteroatoms. The maximum absolute atomic E-state index is 12.3. The molecule has 0 bridgehead atoms. The van der Waals surface area contributed by atoms with Gasteiger partial charge in [0.2, 0.25) is 0 Å². The van der Waals surface area contributed by atoms with Crippen LogP contribution in [0.25, 0.3) is 0 Å². The molecular formula is C21H20N2O6. The molecule has 0 fully saturated rings. The van der Waals surface area contributed by atoms with Gasteiger partial charge in [-0.25, -0.2) is 4.79 Å². The van der Waals surface area contributed by atoms with Gasteiger partial charge in [-0.1, -0.05) is 12.1 Å². The number of carbonyl (C=O) groups is 3. The Kier molecular flexibility index (Phi) is 7.74. The summed E-state index contributed by atoms with van der Waals surface area (Å²) in [5.74, 6) is -0.905. The van der Waals surface area contributed by atoms with Crippen molar-refractivity contribution >= 4 is 17.8 Å². The van der Waals surface area contributed by atoms with Crippen molar-refractivity contribution < 1.29 is 28.6 Å². The van der Waals surface area contributed by atoms with Gasteiger partial charge in [0.1, 0.15) is 11.9 Å². The van der Waals surface area contributed by atoms with Crippen LogP contribution in [0.15, 0.2) is 48.5 Å². The van der Waals surface area contributed by atoms with E-state index >= 15 is 0 Å². The van der Waals surface area contributed by atoms with Crippen LogP contribution < -0.4 is 10.1 Å². The lowest BCUT2D eigenvalue weighted by molar-refractivity contribution is -0.146. The molecule has 0 aliphatic heterocycles. The zero-order chi connectivity index (χ0) is 21.2. The third-order valence-electron chi connectivity index (χ3n) is 3.87. The van der Waals surface area contributed by atoms with Gasteiger partial charge in [-0.15, -0.1) is 0 Å². The number of methoxy groups -OCH3 is 1. The first kappa shape index (κ1) is 21.4. The van der Waals surface area contributed by atoms with Gasteiger partial charge in [-0.2, -0.15) is 5.26 Å². The lowest BCUT2D eigenvalue weighted by atomic mass is 10.1. The summed E-state index contributed by atoms with van der Waals surface area (Å²) in [6.07, 6.45) is -0.704. The van der Waals surface area contributed by atoms with Crippen molar-refractivity contribution in [3.63, 3.8) is 0 Å². The summed E-state index contributed by atoms with van der Waals surface area (Å²) in [4.78, 5) is 34.9. The van der Waals surface area contributed by atoms with Gasteiger partial charge in [0.05, 0.1) is 25.3 Å². The molecule has 1 N–H and O–H groups in total. The average Bonchev–Trinajstić information content (AvgIpc) is 2.74. The largest absolute Gasteiger partial charge is 0.482 e. The van der Waals surface area contributed by atoms with E-state index in [0.29, 0.717) is 22.4 Å². The third kappa shape index (κ3) is 6.66. The Bertz CT molecular complexity index is 900. The molecule has 0 aliphatic carbocycles. The van der Waals surface area contributed by atoms with Crippen LogP contribution in [0.3, 0.4) is 0 Å². The molecule has 0 spiro atoms. The van der Waals surface area contributed by atoms with Crippen LogP contribution >= 0.6 is 0 Å². The third-order valence-corrected chi connectivity index (χ3v) is 3.87. The van der Waals surface area contributed by atoms with E-state index in [0.717, 1.165) is 0 Å². The highest BCUT2D eigenvalue weighted by Gasteiger charge is 2.17. The highest BCUT2D eigenvalue weighted by molar-refractivity contribution is 5.94. The smallest absolute Gasteiger partial charge is 0.343 e. The number of rotatable bonds is 8. The zero-order valence-electron chi connectivity index (χ0n) is 16.0. The van der Waals surface area contributed by atoms with E-state index in [1.165, 1.54) is 14.0 Å². The molecule has 0 saturated heterocycles. The first-order valence-corrected chi connectivity index (χ1v) is 8.68. The fourth-order valence-corrected chi connectivity index (χ4v) is 2.39. The first-order valence-electron chi connectivity index (χ1n) is 8.68. The molecule has 8 nitrogen and oxygen atoms in total. The zero-order valence-corrected chi connectivity index (χ0v) is 16.0. The van der Waals surface area contributed by atoms with Crippen LogP contribution in [0.1, 0.15) is 34.5 Å². The number of carbonyl (C=O) groups excluding carboxylic acids is 3. The minimum atomic E-state index is -0.704. The summed E-state index contributed by atoms with van der Waals surface area (Å²) in [6, 6.07) is 14.8. The van der Waals surface area contributed by atoms with E-state index in [1.807, 2.05) is 6.07 Å². The van der Waals surface area contributed by atoms with Crippen molar-refractivity contribution in [3.8, 4) is 11.8 Å². The lowest BCUT2D eigenvalue weighted by Crippen LogP contribution is -2.30. The van der Waals surface area contributed by atoms with Gasteiger partial charge in [0, 0.05) is 12.5 Å². The molecule has 2 aromatic rings. The van der Waals surface area contributed by atoms with E-state index in [9.17, 15) is 14.4 Å².